The lowest BCUT2D eigenvalue weighted by molar-refractivity contribution is -0.0213. The maximum atomic E-state index is 11.3. The molecule has 0 amide bonds. The van der Waals surface area contributed by atoms with E-state index >= 15 is 0 Å². The lowest BCUT2D eigenvalue weighted by atomic mass is 10.2. The van der Waals surface area contributed by atoms with Crippen LogP contribution in [0.3, 0.4) is 0 Å². The first kappa shape index (κ1) is 15.3. The summed E-state index contributed by atoms with van der Waals surface area (Å²) in [6.07, 6.45) is 3.74. The van der Waals surface area contributed by atoms with E-state index in [2.05, 4.69) is 19.5 Å². The Hall–Kier alpha value is -1.58. The van der Waals surface area contributed by atoms with Crippen molar-refractivity contribution in [2.75, 3.05) is 19.5 Å². The van der Waals surface area contributed by atoms with Gasteiger partial charge in [-0.25, -0.2) is 19.5 Å². The molecule has 0 spiro atoms. The topological polar surface area (TPSA) is 135 Å². The molecule has 3 unspecified atom stereocenters. The fourth-order valence-corrected chi connectivity index (χ4v) is 2.78. The number of anilines is 1. The van der Waals surface area contributed by atoms with Gasteiger partial charge in [-0.15, -0.1) is 0 Å². The van der Waals surface area contributed by atoms with Gasteiger partial charge < -0.3 is 15.4 Å². The molecular weight excluding hydrogens is 313 g/mol. The molecule has 1 saturated heterocycles. The van der Waals surface area contributed by atoms with E-state index in [0.29, 0.717) is 29.8 Å². The largest absolute Gasteiger partial charge is 0.472 e. The fourth-order valence-electron chi connectivity index (χ4n) is 2.32. The molecule has 22 heavy (non-hydrogen) atoms. The van der Waals surface area contributed by atoms with Gasteiger partial charge in [0.2, 0.25) is 0 Å². The summed E-state index contributed by atoms with van der Waals surface area (Å²) in [5.41, 5.74) is 6.85. The van der Waals surface area contributed by atoms with Crippen LogP contribution in [0.5, 0.6) is 0 Å². The number of ether oxygens (including phenoxy) is 1. The Kier molecular flexibility index (Phi) is 4.11. The molecular formula is C11H16N5O5P. The third-order valence-corrected chi connectivity index (χ3v) is 4.37. The van der Waals surface area contributed by atoms with Crippen molar-refractivity contribution in [1.82, 2.24) is 19.5 Å². The second kappa shape index (κ2) is 5.90. The number of imidazole rings is 1. The second-order valence-electron chi connectivity index (χ2n) is 4.82. The minimum atomic E-state index is -3.99. The van der Waals surface area contributed by atoms with Gasteiger partial charge in [-0.1, -0.05) is 0 Å². The number of aromatic nitrogens is 4. The van der Waals surface area contributed by atoms with Crippen molar-refractivity contribution < 1.29 is 23.2 Å². The summed E-state index contributed by atoms with van der Waals surface area (Å²) in [4.78, 5) is 21.4. The van der Waals surface area contributed by atoms with Crippen LogP contribution in [0.25, 0.3) is 11.2 Å². The second-order valence-corrected chi connectivity index (χ2v) is 6.38. The van der Waals surface area contributed by atoms with Gasteiger partial charge in [0.15, 0.2) is 11.5 Å². The zero-order chi connectivity index (χ0) is 15.7. The number of nitrogen functional groups attached to an aromatic ring is 1. The van der Waals surface area contributed by atoms with Gasteiger partial charge in [0.25, 0.3) is 0 Å². The Morgan fingerprint density at radius 3 is 3.09 bits per heavy atom. The highest BCUT2D eigenvalue weighted by atomic mass is 31.2. The molecule has 3 rings (SSSR count). The van der Waals surface area contributed by atoms with Crippen LogP contribution < -0.4 is 5.73 Å². The van der Waals surface area contributed by atoms with Gasteiger partial charge in [-0.05, 0) is 12.8 Å². The summed E-state index contributed by atoms with van der Waals surface area (Å²) in [5.74, 6) is 0.308. The third-order valence-electron chi connectivity index (χ3n) is 3.44. The lowest BCUT2D eigenvalue weighted by Crippen LogP contribution is -2.16. The monoisotopic (exact) mass is 329 g/mol. The highest BCUT2D eigenvalue weighted by Gasteiger charge is 2.30. The predicted octanol–water partition coefficient (Wildman–Crippen LogP) is 0.849. The molecule has 2 aromatic heterocycles. The van der Waals surface area contributed by atoms with Crippen LogP contribution >= 0.6 is 7.82 Å². The van der Waals surface area contributed by atoms with E-state index in [0.717, 1.165) is 7.11 Å². The standard InChI is InChI=1S/C11H16N5O5P/c1-19-22(17,18)20-4-7-2-3-8(21-7)16-6-15-9-10(12)13-5-14-11(9)16/h5-8H,2-4H2,1H3,(H,17,18)(H2,12,13,14). The van der Waals surface area contributed by atoms with Crippen LogP contribution in [0.4, 0.5) is 5.82 Å². The first-order chi connectivity index (χ1) is 10.5. The molecule has 0 saturated carbocycles. The van der Waals surface area contributed by atoms with Gasteiger partial charge in [-0.3, -0.25) is 13.6 Å². The van der Waals surface area contributed by atoms with Crippen LogP contribution in [0, 0.1) is 0 Å². The number of nitrogens with zero attached hydrogens (tertiary/aromatic N) is 4. The summed E-state index contributed by atoms with van der Waals surface area (Å²) in [7, 11) is -2.88. The lowest BCUT2D eigenvalue weighted by Gasteiger charge is -2.16. The molecule has 1 fully saturated rings. The van der Waals surface area contributed by atoms with Crippen molar-refractivity contribution in [2.24, 2.45) is 0 Å². The molecule has 120 valence electrons. The normalized spacial score (nSPS) is 24.6. The van der Waals surface area contributed by atoms with Gasteiger partial charge in [0.1, 0.15) is 18.1 Å². The van der Waals surface area contributed by atoms with E-state index in [1.54, 1.807) is 10.9 Å². The van der Waals surface area contributed by atoms with E-state index in [9.17, 15) is 9.46 Å². The molecule has 3 atom stereocenters. The Bertz CT molecular complexity index is 722. The predicted molar refractivity (Wildman–Crippen MR) is 75.7 cm³/mol. The average Bonchev–Trinajstić information content (AvgIpc) is 3.12. The summed E-state index contributed by atoms with van der Waals surface area (Å²) in [6, 6.07) is 0. The first-order valence-electron chi connectivity index (χ1n) is 6.61. The minimum Gasteiger partial charge on any atom is -0.382 e. The molecule has 2 aromatic rings. The zero-order valence-electron chi connectivity index (χ0n) is 11.8. The molecule has 0 aromatic carbocycles. The van der Waals surface area contributed by atoms with Crippen LogP contribution in [0.2, 0.25) is 0 Å². The maximum Gasteiger partial charge on any atom is 0.472 e. The number of nitrogens with two attached hydrogens (primary N) is 1. The highest BCUT2D eigenvalue weighted by molar-refractivity contribution is 7.47. The first-order valence-corrected chi connectivity index (χ1v) is 8.11. The molecule has 3 heterocycles. The minimum absolute atomic E-state index is 0.0259. The van der Waals surface area contributed by atoms with Crippen LogP contribution in [-0.2, 0) is 18.3 Å². The van der Waals surface area contributed by atoms with Crippen molar-refractivity contribution in [3.63, 3.8) is 0 Å². The van der Waals surface area contributed by atoms with Gasteiger partial charge in [0, 0.05) is 7.11 Å². The summed E-state index contributed by atoms with van der Waals surface area (Å²) in [5, 5.41) is 0. The van der Waals surface area contributed by atoms with Crippen molar-refractivity contribution in [3.05, 3.63) is 12.7 Å². The summed E-state index contributed by atoms with van der Waals surface area (Å²) < 4.78 is 28.0. The number of fused-ring (bicyclic) bond motifs is 1. The number of hydrogen-bond acceptors (Lipinski definition) is 8. The van der Waals surface area contributed by atoms with E-state index in [1.807, 2.05) is 0 Å². The Morgan fingerprint density at radius 1 is 1.50 bits per heavy atom. The number of hydrogen-bond donors (Lipinski definition) is 2. The number of phosphoric acid groups is 1. The SMILES string of the molecule is COP(=O)(O)OCC1CCC(n2cnc3c(N)ncnc32)O1. The van der Waals surface area contributed by atoms with Crippen LogP contribution in [-0.4, -0.2) is 44.2 Å². The average molecular weight is 329 g/mol. The van der Waals surface area contributed by atoms with Gasteiger partial charge >= 0.3 is 7.82 Å². The molecule has 0 aliphatic carbocycles. The summed E-state index contributed by atoms with van der Waals surface area (Å²) in [6.45, 7) is -0.0259. The van der Waals surface area contributed by atoms with Crippen molar-refractivity contribution in [3.8, 4) is 0 Å². The third kappa shape index (κ3) is 2.96. The maximum absolute atomic E-state index is 11.3. The quantitative estimate of drug-likeness (QED) is 0.765. The van der Waals surface area contributed by atoms with Gasteiger partial charge in [0.05, 0.1) is 19.0 Å². The van der Waals surface area contributed by atoms with E-state index in [1.165, 1.54) is 6.33 Å². The molecule has 3 N–H and O–H groups in total. The Morgan fingerprint density at radius 2 is 2.32 bits per heavy atom. The number of rotatable bonds is 5. The Balaban J connectivity index is 1.69. The highest BCUT2D eigenvalue weighted by Crippen LogP contribution is 2.43. The molecule has 1 aliphatic heterocycles. The van der Waals surface area contributed by atoms with Crippen LogP contribution in [0.15, 0.2) is 12.7 Å². The molecule has 10 nitrogen and oxygen atoms in total. The molecule has 0 radical (unpaired) electrons. The zero-order valence-corrected chi connectivity index (χ0v) is 12.7. The van der Waals surface area contributed by atoms with E-state index in [-0.39, 0.29) is 18.9 Å². The molecule has 1 aliphatic rings. The Labute approximate surface area is 125 Å². The number of phosphoric ester groups is 1. The smallest absolute Gasteiger partial charge is 0.382 e. The van der Waals surface area contributed by atoms with E-state index in [4.69, 9.17) is 15.0 Å². The van der Waals surface area contributed by atoms with Crippen molar-refractivity contribution in [1.29, 1.82) is 0 Å². The van der Waals surface area contributed by atoms with Crippen molar-refractivity contribution >= 4 is 24.8 Å². The van der Waals surface area contributed by atoms with E-state index < -0.39 is 7.82 Å². The molecule has 11 heteroatoms. The molecule has 0 bridgehead atoms. The van der Waals surface area contributed by atoms with Crippen LogP contribution in [0.1, 0.15) is 19.1 Å². The summed E-state index contributed by atoms with van der Waals surface area (Å²) >= 11 is 0. The van der Waals surface area contributed by atoms with Crippen molar-refractivity contribution in [2.45, 2.75) is 25.2 Å². The fraction of sp³-hybridized carbons (Fsp3) is 0.545. The van der Waals surface area contributed by atoms with Gasteiger partial charge in [-0.2, -0.15) is 0 Å².